The van der Waals surface area contributed by atoms with E-state index in [1.165, 1.54) is 18.2 Å². The molecule has 0 saturated heterocycles. The Bertz CT molecular complexity index is 644. The Hall–Kier alpha value is -2.40. The van der Waals surface area contributed by atoms with Gasteiger partial charge in [-0.2, -0.15) is 0 Å². The summed E-state index contributed by atoms with van der Waals surface area (Å²) in [6.07, 6.45) is 3.43. The van der Waals surface area contributed by atoms with E-state index >= 15 is 0 Å². The van der Waals surface area contributed by atoms with Crippen LogP contribution in [0.15, 0.2) is 42.7 Å². The summed E-state index contributed by atoms with van der Waals surface area (Å²) in [5.41, 5.74) is 1.30. The first-order valence-electron chi connectivity index (χ1n) is 5.78. The molecule has 1 amide bonds. The first kappa shape index (κ1) is 14.0. The third-order valence-electron chi connectivity index (χ3n) is 2.60. The predicted molar refractivity (Wildman–Crippen MR) is 75.0 cm³/mol. The lowest BCUT2D eigenvalue weighted by Crippen LogP contribution is -2.14. The maximum Gasteiger partial charge on any atom is 0.337 e. The van der Waals surface area contributed by atoms with Gasteiger partial charge in [-0.25, -0.2) is 4.79 Å². The molecule has 0 radical (unpaired) electrons. The molecule has 1 heterocycles. The molecule has 5 nitrogen and oxygen atoms in total. The lowest BCUT2D eigenvalue weighted by molar-refractivity contribution is -0.115. The highest BCUT2D eigenvalue weighted by Gasteiger charge is 2.10. The molecule has 20 heavy (non-hydrogen) atoms. The highest BCUT2D eigenvalue weighted by atomic mass is 35.5. The van der Waals surface area contributed by atoms with E-state index < -0.39 is 5.97 Å². The van der Waals surface area contributed by atoms with Gasteiger partial charge in [0.2, 0.25) is 5.91 Å². The number of rotatable bonds is 4. The second kappa shape index (κ2) is 6.16. The minimum atomic E-state index is -1.11. The molecule has 6 heteroatoms. The summed E-state index contributed by atoms with van der Waals surface area (Å²) in [7, 11) is 0. The van der Waals surface area contributed by atoms with Crippen molar-refractivity contribution in [1.82, 2.24) is 4.98 Å². The van der Waals surface area contributed by atoms with E-state index in [-0.39, 0.29) is 22.9 Å². The molecule has 0 aliphatic carbocycles. The number of nitrogens with zero attached hydrogens (tertiary/aromatic N) is 1. The van der Waals surface area contributed by atoms with Crippen molar-refractivity contribution in [2.45, 2.75) is 6.42 Å². The van der Waals surface area contributed by atoms with E-state index in [1.807, 2.05) is 0 Å². The highest BCUT2D eigenvalue weighted by Crippen LogP contribution is 2.21. The molecule has 0 saturated carbocycles. The minimum absolute atomic E-state index is 0.00111. The molecule has 0 aliphatic rings. The van der Waals surface area contributed by atoms with Gasteiger partial charge in [0, 0.05) is 18.1 Å². The van der Waals surface area contributed by atoms with Gasteiger partial charge in [0.15, 0.2) is 0 Å². The Morgan fingerprint density at radius 3 is 2.50 bits per heavy atom. The topological polar surface area (TPSA) is 79.3 Å². The number of benzene rings is 1. The standard InChI is InChI=1S/C14H11ClN2O3/c15-12-8-10(1-2-11(12)14(19)20)17-13(18)7-9-3-5-16-6-4-9/h1-6,8H,7H2,(H,17,18)(H,19,20). The summed E-state index contributed by atoms with van der Waals surface area (Å²) in [6, 6.07) is 7.77. The molecule has 0 unspecified atom stereocenters. The van der Waals surface area contributed by atoms with E-state index in [2.05, 4.69) is 10.3 Å². The fourth-order valence-corrected chi connectivity index (χ4v) is 1.92. The average molecular weight is 291 g/mol. The minimum Gasteiger partial charge on any atom is -0.478 e. The van der Waals surface area contributed by atoms with Crippen LogP contribution >= 0.6 is 11.6 Å². The largest absolute Gasteiger partial charge is 0.478 e. The molecule has 102 valence electrons. The number of hydrogen-bond donors (Lipinski definition) is 2. The van der Waals surface area contributed by atoms with Crippen LogP contribution < -0.4 is 5.32 Å². The van der Waals surface area contributed by atoms with Gasteiger partial charge in [-0.3, -0.25) is 9.78 Å². The second-order valence-electron chi connectivity index (χ2n) is 4.08. The average Bonchev–Trinajstić information content (AvgIpc) is 2.39. The van der Waals surface area contributed by atoms with E-state index in [4.69, 9.17) is 16.7 Å². The van der Waals surface area contributed by atoms with Crippen LogP contribution in [0.25, 0.3) is 0 Å². The van der Waals surface area contributed by atoms with Crippen LogP contribution in [0.2, 0.25) is 5.02 Å². The van der Waals surface area contributed by atoms with E-state index in [0.29, 0.717) is 5.69 Å². The molecule has 1 aromatic heterocycles. The molecule has 0 bridgehead atoms. The summed E-state index contributed by atoms with van der Waals surface area (Å²) in [5.74, 6) is -1.32. The number of anilines is 1. The van der Waals surface area contributed by atoms with Gasteiger partial charge in [0.1, 0.15) is 0 Å². The number of halogens is 1. The summed E-state index contributed by atoms with van der Waals surface area (Å²) < 4.78 is 0. The lowest BCUT2D eigenvalue weighted by Gasteiger charge is -2.07. The smallest absolute Gasteiger partial charge is 0.337 e. The molecule has 0 fully saturated rings. The van der Waals surface area contributed by atoms with Gasteiger partial charge in [-0.1, -0.05) is 11.6 Å². The van der Waals surface area contributed by atoms with Crippen LogP contribution in [0.4, 0.5) is 5.69 Å². The zero-order valence-corrected chi connectivity index (χ0v) is 11.1. The number of aromatic nitrogens is 1. The summed E-state index contributed by atoms with van der Waals surface area (Å²) in [6.45, 7) is 0. The Labute approximate surface area is 120 Å². The van der Waals surface area contributed by atoms with Crippen molar-refractivity contribution in [2.24, 2.45) is 0 Å². The van der Waals surface area contributed by atoms with Crippen molar-refractivity contribution in [1.29, 1.82) is 0 Å². The maximum absolute atomic E-state index is 11.8. The number of pyridine rings is 1. The number of carboxylic acids is 1. The molecule has 0 atom stereocenters. The van der Waals surface area contributed by atoms with Gasteiger partial charge >= 0.3 is 5.97 Å². The van der Waals surface area contributed by atoms with Gasteiger partial charge in [-0.05, 0) is 35.9 Å². The molecule has 1 aromatic carbocycles. The van der Waals surface area contributed by atoms with Crippen molar-refractivity contribution in [3.05, 3.63) is 58.9 Å². The van der Waals surface area contributed by atoms with Gasteiger partial charge in [-0.15, -0.1) is 0 Å². The Morgan fingerprint density at radius 2 is 1.90 bits per heavy atom. The monoisotopic (exact) mass is 290 g/mol. The van der Waals surface area contributed by atoms with Crippen molar-refractivity contribution in [2.75, 3.05) is 5.32 Å². The second-order valence-corrected chi connectivity index (χ2v) is 4.49. The molecule has 2 rings (SSSR count). The maximum atomic E-state index is 11.8. The number of hydrogen-bond acceptors (Lipinski definition) is 3. The number of amides is 1. The summed E-state index contributed by atoms with van der Waals surface area (Å²) >= 11 is 5.83. The molecule has 0 spiro atoms. The number of aromatic carboxylic acids is 1. The Kier molecular flexibility index (Phi) is 4.32. The van der Waals surface area contributed by atoms with Crippen molar-refractivity contribution < 1.29 is 14.7 Å². The first-order valence-corrected chi connectivity index (χ1v) is 6.15. The highest BCUT2D eigenvalue weighted by molar-refractivity contribution is 6.33. The van der Waals surface area contributed by atoms with Crippen molar-refractivity contribution in [3.63, 3.8) is 0 Å². The number of nitrogens with one attached hydrogen (secondary N) is 1. The fourth-order valence-electron chi connectivity index (χ4n) is 1.66. The van der Waals surface area contributed by atoms with Gasteiger partial charge < -0.3 is 10.4 Å². The van der Waals surface area contributed by atoms with Gasteiger partial charge in [0.25, 0.3) is 0 Å². The predicted octanol–water partition coefficient (Wildman–Crippen LogP) is 2.61. The molecule has 2 N–H and O–H groups in total. The number of carboxylic acid groups (broad SMARTS) is 1. The molecule has 0 aliphatic heterocycles. The molecular formula is C14H11ClN2O3. The SMILES string of the molecule is O=C(Cc1ccncc1)Nc1ccc(C(=O)O)c(Cl)c1. The third kappa shape index (κ3) is 3.55. The summed E-state index contributed by atoms with van der Waals surface area (Å²) in [5, 5.41) is 11.6. The Morgan fingerprint density at radius 1 is 1.20 bits per heavy atom. The first-order chi connectivity index (χ1) is 9.56. The number of carbonyl (C=O) groups is 2. The van der Waals surface area contributed by atoms with Crippen LogP contribution in [0.3, 0.4) is 0 Å². The van der Waals surface area contributed by atoms with Crippen LogP contribution in [0.5, 0.6) is 0 Å². The quantitative estimate of drug-likeness (QED) is 0.907. The van der Waals surface area contributed by atoms with Crippen LogP contribution in [0, 0.1) is 0 Å². The van der Waals surface area contributed by atoms with Crippen LogP contribution in [0.1, 0.15) is 15.9 Å². The van der Waals surface area contributed by atoms with Crippen LogP contribution in [-0.4, -0.2) is 22.0 Å². The zero-order valence-electron chi connectivity index (χ0n) is 10.3. The molecule has 2 aromatic rings. The van der Waals surface area contributed by atoms with Crippen LogP contribution in [-0.2, 0) is 11.2 Å². The van der Waals surface area contributed by atoms with Crippen molar-refractivity contribution in [3.8, 4) is 0 Å². The lowest BCUT2D eigenvalue weighted by atomic mass is 10.1. The Balaban J connectivity index is 2.05. The fraction of sp³-hybridized carbons (Fsp3) is 0.0714. The van der Waals surface area contributed by atoms with E-state index in [0.717, 1.165) is 5.56 Å². The van der Waals surface area contributed by atoms with Gasteiger partial charge in [0.05, 0.1) is 17.0 Å². The normalized spacial score (nSPS) is 10.1. The van der Waals surface area contributed by atoms with Crippen molar-refractivity contribution >= 4 is 29.2 Å². The zero-order chi connectivity index (χ0) is 14.5. The van der Waals surface area contributed by atoms with E-state index in [1.54, 1.807) is 24.5 Å². The third-order valence-corrected chi connectivity index (χ3v) is 2.91. The number of carbonyl (C=O) groups excluding carboxylic acids is 1. The molecular weight excluding hydrogens is 280 g/mol. The van der Waals surface area contributed by atoms with E-state index in [9.17, 15) is 9.59 Å². The summed E-state index contributed by atoms with van der Waals surface area (Å²) in [4.78, 5) is 26.5.